The van der Waals surface area contributed by atoms with Crippen molar-refractivity contribution in [2.24, 2.45) is 5.73 Å². The summed E-state index contributed by atoms with van der Waals surface area (Å²) in [6, 6.07) is 0.103. The standard InChI is InChI=1S/C26H53NO3/c1-4-7-9-11-12-13-14-16-18-20-26(28)30-25(19-17-15-10-8-5-2)21-22-29-23-24(27)6-3/h24-25H,4-23,27H2,1-3H3/t24-,25+/m0/s1. The first-order valence-corrected chi connectivity index (χ1v) is 13.2. The second kappa shape index (κ2) is 23.1. The van der Waals surface area contributed by atoms with E-state index in [0.717, 1.165) is 38.5 Å². The van der Waals surface area contributed by atoms with Gasteiger partial charge < -0.3 is 15.2 Å². The number of hydrogen-bond donors (Lipinski definition) is 1. The van der Waals surface area contributed by atoms with Crippen molar-refractivity contribution in [2.75, 3.05) is 13.2 Å². The molecule has 0 heterocycles. The fourth-order valence-electron chi connectivity index (χ4n) is 3.63. The van der Waals surface area contributed by atoms with Gasteiger partial charge in [0, 0.05) is 18.9 Å². The number of esters is 1. The first-order valence-electron chi connectivity index (χ1n) is 13.2. The van der Waals surface area contributed by atoms with Crippen LogP contribution in [0.2, 0.25) is 0 Å². The molecular formula is C26H53NO3. The molecular weight excluding hydrogens is 374 g/mol. The van der Waals surface area contributed by atoms with Gasteiger partial charge >= 0.3 is 5.97 Å². The lowest BCUT2D eigenvalue weighted by Crippen LogP contribution is -2.26. The molecule has 0 aliphatic heterocycles. The van der Waals surface area contributed by atoms with Gasteiger partial charge in [0.1, 0.15) is 6.10 Å². The van der Waals surface area contributed by atoms with Gasteiger partial charge in [-0.2, -0.15) is 0 Å². The van der Waals surface area contributed by atoms with Crippen molar-refractivity contribution in [3.05, 3.63) is 0 Å². The van der Waals surface area contributed by atoms with Gasteiger partial charge in [-0.25, -0.2) is 0 Å². The first-order chi connectivity index (χ1) is 14.6. The SMILES string of the molecule is CCCCCCCCCCCC(=O)O[C@H](CCCCCCC)CCOC[C@@H](N)CC. The van der Waals surface area contributed by atoms with Gasteiger partial charge in [0.15, 0.2) is 0 Å². The monoisotopic (exact) mass is 427 g/mol. The minimum atomic E-state index is -0.0261. The van der Waals surface area contributed by atoms with E-state index in [1.165, 1.54) is 70.6 Å². The molecule has 0 aromatic rings. The van der Waals surface area contributed by atoms with Crippen molar-refractivity contribution in [2.45, 2.75) is 148 Å². The summed E-state index contributed by atoms with van der Waals surface area (Å²) in [5.74, 6) is -0.0261. The third kappa shape index (κ3) is 20.7. The Balaban J connectivity index is 3.96. The molecule has 4 heteroatoms. The Morgan fingerprint density at radius 3 is 1.83 bits per heavy atom. The summed E-state index contributed by atoms with van der Waals surface area (Å²) in [5.41, 5.74) is 5.91. The zero-order chi connectivity index (χ0) is 22.3. The molecule has 180 valence electrons. The lowest BCUT2D eigenvalue weighted by atomic mass is 10.1. The van der Waals surface area contributed by atoms with Gasteiger partial charge in [-0.15, -0.1) is 0 Å². The van der Waals surface area contributed by atoms with E-state index in [1.54, 1.807) is 0 Å². The van der Waals surface area contributed by atoms with Crippen LogP contribution < -0.4 is 5.73 Å². The van der Waals surface area contributed by atoms with Crippen LogP contribution in [0.15, 0.2) is 0 Å². The van der Waals surface area contributed by atoms with Crippen LogP contribution >= 0.6 is 0 Å². The van der Waals surface area contributed by atoms with Crippen molar-refractivity contribution in [3.8, 4) is 0 Å². The fraction of sp³-hybridized carbons (Fsp3) is 0.962. The number of unbranched alkanes of at least 4 members (excludes halogenated alkanes) is 12. The average molecular weight is 428 g/mol. The summed E-state index contributed by atoms with van der Waals surface area (Å²) >= 11 is 0. The van der Waals surface area contributed by atoms with Crippen LogP contribution in [0, 0.1) is 0 Å². The predicted octanol–water partition coefficient (Wildman–Crippen LogP) is 7.32. The number of ether oxygens (including phenoxy) is 2. The van der Waals surface area contributed by atoms with Crippen LogP contribution in [0.1, 0.15) is 136 Å². The van der Waals surface area contributed by atoms with Crippen molar-refractivity contribution < 1.29 is 14.3 Å². The largest absolute Gasteiger partial charge is 0.462 e. The molecule has 0 bridgehead atoms. The van der Waals surface area contributed by atoms with Gasteiger partial charge in [-0.3, -0.25) is 4.79 Å². The normalized spacial score (nSPS) is 13.3. The topological polar surface area (TPSA) is 61.5 Å². The summed E-state index contributed by atoms with van der Waals surface area (Å²) < 4.78 is 11.5. The number of carbonyl (C=O) groups is 1. The molecule has 0 aromatic heterocycles. The van der Waals surface area contributed by atoms with Crippen LogP contribution in [-0.4, -0.2) is 31.3 Å². The van der Waals surface area contributed by atoms with Crippen LogP contribution in [0.3, 0.4) is 0 Å². The Morgan fingerprint density at radius 1 is 0.733 bits per heavy atom. The van der Waals surface area contributed by atoms with Gasteiger partial charge in [-0.05, 0) is 25.7 Å². The molecule has 0 amide bonds. The molecule has 0 saturated carbocycles. The summed E-state index contributed by atoms with van der Waals surface area (Å²) in [7, 11) is 0. The predicted molar refractivity (Wildman–Crippen MR) is 129 cm³/mol. The van der Waals surface area contributed by atoms with Crippen molar-refractivity contribution in [3.63, 3.8) is 0 Å². The van der Waals surface area contributed by atoms with Crippen molar-refractivity contribution in [1.29, 1.82) is 0 Å². The fourth-order valence-corrected chi connectivity index (χ4v) is 3.63. The Morgan fingerprint density at radius 2 is 1.27 bits per heavy atom. The minimum absolute atomic E-state index is 0.00413. The second-order valence-corrected chi connectivity index (χ2v) is 8.93. The third-order valence-electron chi connectivity index (χ3n) is 5.85. The van der Waals surface area contributed by atoms with Crippen LogP contribution in [0.4, 0.5) is 0 Å². The molecule has 0 radical (unpaired) electrons. The highest BCUT2D eigenvalue weighted by molar-refractivity contribution is 5.69. The number of hydrogen-bond acceptors (Lipinski definition) is 4. The van der Waals surface area contributed by atoms with Gasteiger partial charge in [-0.1, -0.05) is 97.8 Å². The molecule has 0 spiro atoms. The van der Waals surface area contributed by atoms with E-state index in [4.69, 9.17) is 15.2 Å². The van der Waals surface area contributed by atoms with Crippen molar-refractivity contribution in [1.82, 2.24) is 0 Å². The quantitative estimate of drug-likeness (QED) is 0.137. The Hall–Kier alpha value is -0.610. The second-order valence-electron chi connectivity index (χ2n) is 8.93. The van der Waals surface area contributed by atoms with Gasteiger partial charge in [0.2, 0.25) is 0 Å². The van der Waals surface area contributed by atoms with Gasteiger partial charge in [0.25, 0.3) is 0 Å². The van der Waals surface area contributed by atoms with E-state index < -0.39 is 0 Å². The van der Waals surface area contributed by atoms with Gasteiger partial charge in [0.05, 0.1) is 13.2 Å². The maximum absolute atomic E-state index is 12.3. The van der Waals surface area contributed by atoms with E-state index in [0.29, 0.717) is 19.6 Å². The molecule has 30 heavy (non-hydrogen) atoms. The van der Waals surface area contributed by atoms with E-state index in [-0.39, 0.29) is 18.1 Å². The van der Waals surface area contributed by atoms with E-state index in [1.807, 2.05) is 0 Å². The van der Waals surface area contributed by atoms with E-state index in [2.05, 4.69) is 20.8 Å². The summed E-state index contributed by atoms with van der Waals surface area (Å²) in [6.07, 6.45) is 20.8. The van der Waals surface area contributed by atoms with Crippen molar-refractivity contribution >= 4 is 5.97 Å². The zero-order valence-corrected chi connectivity index (χ0v) is 20.6. The van der Waals surface area contributed by atoms with Crippen LogP contribution in [0.5, 0.6) is 0 Å². The summed E-state index contributed by atoms with van der Waals surface area (Å²) in [4.78, 5) is 12.3. The maximum Gasteiger partial charge on any atom is 0.306 e. The van der Waals surface area contributed by atoms with E-state index >= 15 is 0 Å². The Bertz CT molecular complexity index is 362. The molecule has 0 aliphatic rings. The summed E-state index contributed by atoms with van der Waals surface area (Å²) in [5, 5.41) is 0. The molecule has 0 rings (SSSR count). The molecule has 0 aliphatic carbocycles. The average Bonchev–Trinajstić information content (AvgIpc) is 2.74. The maximum atomic E-state index is 12.3. The van der Waals surface area contributed by atoms with E-state index in [9.17, 15) is 4.79 Å². The molecule has 0 aromatic carbocycles. The lowest BCUT2D eigenvalue weighted by Gasteiger charge is -2.19. The highest BCUT2D eigenvalue weighted by atomic mass is 16.5. The highest BCUT2D eigenvalue weighted by Gasteiger charge is 2.14. The Kier molecular flexibility index (Phi) is 22.6. The minimum Gasteiger partial charge on any atom is -0.462 e. The Labute approximate surface area is 188 Å². The zero-order valence-electron chi connectivity index (χ0n) is 20.6. The first kappa shape index (κ1) is 29.4. The highest BCUT2D eigenvalue weighted by Crippen LogP contribution is 2.15. The lowest BCUT2D eigenvalue weighted by molar-refractivity contribution is -0.150. The molecule has 0 saturated heterocycles. The number of rotatable bonds is 23. The third-order valence-corrected chi connectivity index (χ3v) is 5.85. The molecule has 0 fully saturated rings. The molecule has 4 nitrogen and oxygen atoms in total. The number of nitrogens with two attached hydrogens (primary N) is 1. The smallest absolute Gasteiger partial charge is 0.306 e. The summed E-state index contributed by atoms with van der Waals surface area (Å²) in [6.45, 7) is 7.77. The van der Waals surface area contributed by atoms with Crippen LogP contribution in [0.25, 0.3) is 0 Å². The number of carbonyl (C=O) groups excluding carboxylic acids is 1. The molecule has 2 N–H and O–H groups in total. The van der Waals surface area contributed by atoms with Crippen LogP contribution in [-0.2, 0) is 14.3 Å². The molecule has 0 unspecified atom stereocenters. The molecule has 2 atom stereocenters.